The van der Waals surface area contributed by atoms with Crippen molar-refractivity contribution in [1.29, 1.82) is 0 Å². The minimum Gasteiger partial charge on any atom is -0.272 e. The number of amides is 1. The zero-order chi connectivity index (χ0) is 20.3. The Kier molecular flexibility index (Phi) is 5.76. The molecule has 0 radical (unpaired) electrons. The van der Waals surface area contributed by atoms with Crippen molar-refractivity contribution < 1.29 is 9.00 Å². The summed E-state index contributed by atoms with van der Waals surface area (Å²) in [5, 5.41) is 5.44. The predicted molar refractivity (Wildman–Crippen MR) is 114 cm³/mol. The van der Waals surface area contributed by atoms with Crippen LogP contribution in [-0.2, 0) is 14.5 Å². The van der Waals surface area contributed by atoms with E-state index in [1.807, 2.05) is 30.5 Å². The summed E-state index contributed by atoms with van der Waals surface area (Å²) in [4.78, 5) is 16.5. The molecule has 2 aromatic heterocycles. The first-order chi connectivity index (χ1) is 14.0. The van der Waals surface area contributed by atoms with Gasteiger partial charge in [-0.15, -0.1) is 0 Å². The summed E-state index contributed by atoms with van der Waals surface area (Å²) in [7, 11) is -2.79. The second-order valence-corrected chi connectivity index (χ2v) is 10.1. The highest BCUT2D eigenvalue weighted by Crippen LogP contribution is 2.29. The summed E-state index contributed by atoms with van der Waals surface area (Å²) in [6, 6.07) is 9.31. The smallest absolute Gasteiger partial charge is 0.250 e. The normalized spacial score (nSPS) is 17.1. The van der Waals surface area contributed by atoms with E-state index in [1.54, 1.807) is 23.1 Å². The van der Waals surface area contributed by atoms with Gasteiger partial charge in [-0.25, -0.2) is 8.89 Å². The number of fused-ring (bicyclic) bond motifs is 1. The fourth-order valence-corrected chi connectivity index (χ4v) is 6.14. The Balaban J connectivity index is 1.66. The van der Waals surface area contributed by atoms with Crippen molar-refractivity contribution in [3.63, 3.8) is 0 Å². The van der Waals surface area contributed by atoms with Crippen molar-refractivity contribution in [1.82, 2.24) is 14.8 Å². The van der Waals surface area contributed by atoms with Crippen LogP contribution in [0.4, 0.5) is 0 Å². The molecular formula is C22H26N4O2S. The van der Waals surface area contributed by atoms with Gasteiger partial charge in [0, 0.05) is 35.4 Å². The van der Waals surface area contributed by atoms with Gasteiger partial charge in [-0.1, -0.05) is 32.1 Å². The highest BCUT2D eigenvalue weighted by atomic mass is 32.2. The van der Waals surface area contributed by atoms with Crippen molar-refractivity contribution in [3.05, 3.63) is 48.9 Å². The van der Waals surface area contributed by atoms with Gasteiger partial charge in [0.15, 0.2) is 0 Å². The maximum atomic E-state index is 13.7. The molecule has 1 amide bonds. The van der Waals surface area contributed by atoms with Gasteiger partial charge < -0.3 is 0 Å². The molecule has 0 saturated heterocycles. The predicted octanol–water partition coefficient (Wildman–Crippen LogP) is 4.76. The topological polar surface area (TPSA) is 77.2 Å². The maximum absolute atomic E-state index is 13.7. The highest BCUT2D eigenvalue weighted by molar-refractivity contribution is 7.94. The van der Waals surface area contributed by atoms with Crippen LogP contribution in [-0.4, -0.2) is 30.6 Å². The third-order valence-corrected chi connectivity index (χ3v) is 7.89. The summed E-state index contributed by atoms with van der Waals surface area (Å²) in [6.45, 7) is 1.37. The standard InChI is InChI=1S/C22H26N4O2S/c1-17(27)25-29(28,13-11-18-6-3-2-4-7-18)21-9-10-22-19(14-21)16-26(24-22)20-8-5-12-23-15-20/h5,8-10,12,14-16,18H,2-4,6-7,11,13H2,1H3. The number of benzene rings is 1. The molecule has 1 atom stereocenters. The number of rotatable bonds is 5. The van der Waals surface area contributed by atoms with Gasteiger partial charge in [-0.2, -0.15) is 9.46 Å². The minimum atomic E-state index is -2.79. The second kappa shape index (κ2) is 8.45. The molecule has 1 saturated carbocycles. The van der Waals surface area contributed by atoms with Crippen LogP contribution in [0.1, 0.15) is 45.4 Å². The molecule has 7 heteroatoms. The summed E-state index contributed by atoms with van der Waals surface area (Å²) in [6.07, 6.45) is 12.4. The number of pyridine rings is 1. The monoisotopic (exact) mass is 410 g/mol. The zero-order valence-corrected chi connectivity index (χ0v) is 17.5. The van der Waals surface area contributed by atoms with Gasteiger partial charge in [-0.3, -0.25) is 9.78 Å². The van der Waals surface area contributed by atoms with Crippen molar-refractivity contribution in [2.75, 3.05) is 5.75 Å². The number of carbonyl (C=O) groups is 1. The SMILES string of the molecule is CC(=O)N=S(=O)(CCC1CCCCC1)c1ccc2nn(-c3cccnc3)cc2c1. The molecule has 1 unspecified atom stereocenters. The van der Waals surface area contributed by atoms with E-state index in [0.29, 0.717) is 16.6 Å². The molecule has 1 aliphatic carbocycles. The third kappa shape index (κ3) is 4.56. The van der Waals surface area contributed by atoms with Crippen molar-refractivity contribution in [2.45, 2.75) is 50.3 Å². The van der Waals surface area contributed by atoms with E-state index in [4.69, 9.17) is 0 Å². The van der Waals surface area contributed by atoms with Gasteiger partial charge in [0.2, 0.25) is 0 Å². The summed E-state index contributed by atoms with van der Waals surface area (Å²) in [5.41, 5.74) is 1.66. The lowest BCUT2D eigenvalue weighted by Gasteiger charge is -2.22. The molecule has 29 heavy (non-hydrogen) atoms. The largest absolute Gasteiger partial charge is 0.272 e. The number of hydrogen-bond acceptors (Lipinski definition) is 4. The van der Waals surface area contributed by atoms with Crippen LogP contribution >= 0.6 is 0 Å². The number of nitrogens with zero attached hydrogens (tertiary/aromatic N) is 4. The Morgan fingerprint density at radius 2 is 2.07 bits per heavy atom. The molecule has 1 fully saturated rings. The second-order valence-electron chi connectivity index (χ2n) is 7.75. The van der Waals surface area contributed by atoms with E-state index in [1.165, 1.54) is 39.0 Å². The minimum absolute atomic E-state index is 0.384. The number of carbonyl (C=O) groups excluding carboxylic acids is 1. The lowest BCUT2D eigenvalue weighted by molar-refractivity contribution is -0.115. The molecule has 1 aromatic carbocycles. The molecule has 0 spiro atoms. The van der Waals surface area contributed by atoms with Crippen LogP contribution in [0.2, 0.25) is 0 Å². The Morgan fingerprint density at radius 3 is 2.79 bits per heavy atom. The third-order valence-electron chi connectivity index (χ3n) is 5.56. The van der Waals surface area contributed by atoms with E-state index in [0.717, 1.165) is 23.0 Å². The van der Waals surface area contributed by atoms with Gasteiger partial charge in [0.05, 0.1) is 27.1 Å². The maximum Gasteiger partial charge on any atom is 0.250 e. The fourth-order valence-electron chi connectivity index (χ4n) is 4.05. The molecule has 152 valence electrons. The van der Waals surface area contributed by atoms with Gasteiger partial charge in [0.25, 0.3) is 5.91 Å². The van der Waals surface area contributed by atoms with Crippen LogP contribution in [0.25, 0.3) is 16.6 Å². The van der Waals surface area contributed by atoms with Crippen LogP contribution < -0.4 is 0 Å². The van der Waals surface area contributed by atoms with Crippen molar-refractivity contribution >= 4 is 26.5 Å². The van der Waals surface area contributed by atoms with Gasteiger partial charge in [-0.05, 0) is 42.7 Å². The summed E-state index contributed by atoms with van der Waals surface area (Å²) in [5.74, 6) is 0.632. The van der Waals surface area contributed by atoms with Crippen molar-refractivity contribution in [3.8, 4) is 5.69 Å². The van der Waals surface area contributed by atoms with E-state index in [9.17, 15) is 9.00 Å². The molecule has 3 aromatic rings. The Hall–Kier alpha value is -2.54. The molecule has 0 aliphatic heterocycles. The van der Waals surface area contributed by atoms with Crippen LogP contribution in [0.15, 0.2) is 58.2 Å². The zero-order valence-electron chi connectivity index (χ0n) is 16.7. The molecule has 4 rings (SSSR count). The Labute approximate surface area is 171 Å². The quantitative estimate of drug-likeness (QED) is 0.607. The van der Waals surface area contributed by atoms with E-state index in [2.05, 4.69) is 14.4 Å². The van der Waals surface area contributed by atoms with E-state index in [-0.39, 0.29) is 5.91 Å². The summed E-state index contributed by atoms with van der Waals surface area (Å²) < 4.78 is 19.6. The summed E-state index contributed by atoms with van der Waals surface area (Å²) >= 11 is 0. The first kappa shape index (κ1) is 19.8. The van der Waals surface area contributed by atoms with Crippen LogP contribution in [0.3, 0.4) is 0 Å². The molecule has 6 nitrogen and oxygen atoms in total. The van der Waals surface area contributed by atoms with Crippen LogP contribution in [0.5, 0.6) is 0 Å². The first-order valence-corrected chi connectivity index (χ1v) is 11.9. The Bertz CT molecular complexity index is 1120. The average Bonchev–Trinajstić information content (AvgIpc) is 3.17. The van der Waals surface area contributed by atoms with Gasteiger partial charge in [0.1, 0.15) is 0 Å². The van der Waals surface area contributed by atoms with Crippen molar-refractivity contribution in [2.24, 2.45) is 10.3 Å². The molecule has 1 aliphatic rings. The van der Waals surface area contributed by atoms with Crippen LogP contribution in [0, 0.1) is 5.92 Å². The average molecular weight is 411 g/mol. The lowest BCUT2D eigenvalue weighted by Crippen LogP contribution is -2.15. The lowest BCUT2D eigenvalue weighted by atomic mass is 9.88. The molecule has 0 bridgehead atoms. The number of aromatic nitrogens is 3. The Morgan fingerprint density at radius 1 is 1.24 bits per heavy atom. The molecule has 0 N–H and O–H groups in total. The van der Waals surface area contributed by atoms with E-state index >= 15 is 0 Å². The first-order valence-electron chi connectivity index (χ1n) is 10.2. The van der Waals surface area contributed by atoms with E-state index < -0.39 is 9.73 Å². The fraction of sp³-hybridized carbons (Fsp3) is 0.409. The highest BCUT2D eigenvalue weighted by Gasteiger charge is 2.20. The van der Waals surface area contributed by atoms with Gasteiger partial charge >= 0.3 is 0 Å². The number of hydrogen-bond donors (Lipinski definition) is 0. The molecule has 2 heterocycles. The molecular weight excluding hydrogens is 384 g/mol.